The van der Waals surface area contributed by atoms with Crippen molar-refractivity contribution < 1.29 is 0 Å². The first kappa shape index (κ1) is 14.3. The molecule has 2 saturated heterocycles. The minimum absolute atomic E-state index is 0.297. The van der Waals surface area contributed by atoms with Crippen molar-refractivity contribution >= 4 is 0 Å². The van der Waals surface area contributed by atoms with E-state index in [-0.39, 0.29) is 0 Å². The summed E-state index contributed by atoms with van der Waals surface area (Å²) in [7, 11) is 0. The molecule has 0 aliphatic carbocycles. The van der Waals surface area contributed by atoms with Gasteiger partial charge in [0.15, 0.2) is 0 Å². The summed E-state index contributed by atoms with van der Waals surface area (Å²) in [6, 6.07) is 0.853. The highest BCUT2D eigenvalue weighted by Gasteiger charge is 2.28. The first-order chi connectivity index (χ1) is 8.61. The molecule has 2 heterocycles. The van der Waals surface area contributed by atoms with Crippen molar-refractivity contribution in [1.82, 2.24) is 15.1 Å². The second-order valence-corrected chi connectivity index (χ2v) is 6.65. The largest absolute Gasteiger partial charge is 0.311 e. The Morgan fingerprint density at radius 3 is 2.72 bits per heavy atom. The van der Waals surface area contributed by atoms with E-state index in [1.54, 1.807) is 0 Å². The fourth-order valence-corrected chi connectivity index (χ4v) is 3.16. The summed E-state index contributed by atoms with van der Waals surface area (Å²) in [5.41, 5.74) is 0.297. The maximum absolute atomic E-state index is 3.68. The van der Waals surface area contributed by atoms with Gasteiger partial charge in [-0.1, -0.05) is 6.92 Å². The zero-order valence-electron chi connectivity index (χ0n) is 12.5. The molecule has 3 heteroatoms. The van der Waals surface area contributed by atoms with Gasteiger partial charge in [0.25, 0.3) is 0 Å². The predicted octanol–water partition coefficient (Wildman–Crippen LogP) is 1.93. The van der Waals surface area contributed by atoms with Gasteiger partial charge < -0.3 is 10.2 Å². The number of nitrogens with zero attached hydrogens (tertiary/aromatic N) is 2. The van der Waals surface area contributed by atoms with Crippen molar-refractivity contribution in [3.05, 3.63) is 0 Å². The normalized spacial score (nSPS) is 27.2. The molecule has 1 atom stereocenters. The zero-order chi connectivity index (χ0) is 13.0. The number of nitrogens with one attached hydrogen (secondary N) is 1. The van der Waals surface area contributed by atoms with E-state index in [1.165, 1.54) is 58.4 Å². The van der Waals surface area contributed by atoms with Crippen LogP contribution in [-0.2, 0) is 0 Å². The lowest BCUT2D eigenvalue weighted by molar-refractivity contribution is 0.215. The average Bonchev–Trinajstić information content (AvgIpc) is 2.68. The predicted molar refractivity (Wildman–Crippen MR) is 78.0 cm³/mol. The second-order valence-electron chi connectivity index (χ2n) is 6.65. The Morgan fingerprint density at radius 2 is 1.94 bits per heavy atom. The molecular weight excluding hydrogens is 222 g/mol. The molecule has 0 saturated carbocycles. The van der Waals surface area contributed by atoms with Crippen LogP contribution in [0.2, 0.25) is 0 Å². The first-order valence-electron chi connectivity index (χ1n) is 7.82. The SMILES string of the molecule is CCC(C)(C)NCCN1CCCN2CCCC2C1. The molecule has 0 amide bonds. The number of fused-ring (bicyclic) bond motifs is 1. The fraction of sp³-hybridized carbons (Fsp3) is 1.00. The van der Waals surface area contributed by atoms with Crippen LogP contribution in [-0.4, -0.2) is 60.6 Å². The van der Waals surface area contributed by atoms with E-state index < -0.39 is 0 Å². The molecule has 1 unspecified atom stereocenters. The van der Waals surface area contributed by atoms with Gasteiger partial charge in [0.2, 0.25) is 0 Å². The molecule has 106 valence electrons. The lowest BCUT2D eigenvalue weighted by Gasteiger charge is -2.29. The summed E-state index contributed by atoms with van der Waals surface area (Å²) in [5.74, 6) is 0. The van der Waals surface area contributed by atoms with Crippen LogP contribution in [0.15, 0.2) is 0 Å². The molecule has 0 spiro atoms. The van der Waals surface area contributed by atoms with Crippen LogP contribution in [0.4, 0.5) is 0 Å². The fourth-order valence-electron chi connectivity index (χ4n) is 3.16. The molecular formula is C15H31N3. The van der Waals surface area contributed by atoms with Crippen molar-refractivity contribution in [3.8, 4) is 0 Å². The smallest absolute Gasteiger partial charge is 0.0223 e. The van der Waals surface area contributed by atoms with Crippen molar-refractivity contribution in [2.45, 2.75) is 58.0 Å². The van der Waals surface area contributed by atoms with Gasteiger partial charge in [-0.25, -0.2) is 0 Å². The van der Waals surface area contributed by atoms with E-state index >= 15 is 0 Å². The Labute approximate surface area is 113 Å². The second kappa shape index (κ2) is 6.36. The highest BCUT2D eigenvalue weighted by Crippen LogP contribution is 2.21. The Hall–Kier alpha value is -0.120. The number of hydrogen-bond donors (Lipinski definition) is 1. The molecule has 2 rings (SSSR count). The van der Waals surface area contributed by atoms with Crippen molar-refractivity contribution in [1.29, 1.82) is 0 Å². The molecule has 3 nitrogen and oxygen atoms in total. The molecule has 2 aliphatic rings. The van der Waals surface area contributed by atoms with Gasteiger partial charge in [0.1, 0.15) is 0 Å². The number of rotatable bonds is 5. The maximum atomic E-state index is 3.68. The summed E-state index contributed by atoms with van der Waals surface area (Å²) >= 11 is 0. The van der Waals surface area contributed by atoms with Crippen LogP contribution >= 0.6 is 0 Å². The Morgan fingerprint density at radius 1 is 1.17 bits per heavy atom. The molecule has 0 bridgehead atoms. The lowest BCUT2D eigenvalue weighted by Crippen LogP contribution is -2.44. The van der Waals surface area contributed by atoms with E-state index in [0.29, 0.717) is 5.54 Å². The Balaban J connectivity index is 1.72. The topological polar surface area (TPSA) is 18.5 Å². The van der Waals surface area contributed by atoms with Crippen LogP contribution in [0.25, 0.3) is 0 Å². The summed E-state index contributed by atoms with van der Waals surface area (Å²) < 4.78 is 0. The van der Waals surface area contributed by atoms with Crippen molar-refractivity contribution in [2.75, 3.05) is 39.3 Å². The molecule has 0 aromatic carbocycles. The highest BCUT2D eigenvalue weighted by molar-refractivity contribution is 4.85. The van der Waals surface area contributed by atoms with Crippen LogP contribution in [0.1, 0.15) is 46.5 Å². The van der Waals surface area contributed by atoms with Gasteiger partial charge in [0, 0.05) is 31.2 Å². The molecule has 1 N–H and O–H groups in total. The van der Waals surface area contributed by atoms with Gasteiger partial charge >= 0.3 is 0 Å². The van der Waals surface area contributed by atoms with E-state index in [2.05, 4.69) is 35.9 Å². The first-order valence-corrected chi connectivity index (χ1v) is 7.82. The zero-order valence-corrected chi connectivity index (χ0v) is 12.5. The monoisotopic (exact) mass is 253 g/mol. The molecule has 2 aliphatic heterocycles. The minimum atomic E-state index is 0.297. The van der Waals surface area contributed by atoms with Crippen LogP contribution in [0.3, 0.4) is 0 Å². The summed E-state index contributed by atoms with van der Waals surface area (Å²) in [6.07, 6.45) is 5.39. The van der Waals surface area contributed by atoms with Crippen LogP contribution in [0.5, 0.6) is 0 Å². The summed E-state index contributed by atoms with van der Waals surface area (Å²) in [6.45, 7) is 14.5. The lowest BCUT2D eigenvalue weighted by atomic mass is 10.0. The van der Waals surface area contributed by atoms with E-state index in [0.717, 1.165) is 12.6 Å². The van der Waals surface area contributed by atoms with Gasteiger partial charge in [-0.2, -0.15) is 0 Å². The van der Waals surface area contributed by atoms with Gasteiger partial charge in [-0.15, -0.1) is 0 Å². The van der Waals surface area contributed by atoms with Crippen LogP contribution < -0.4 is 5.32 Å². The van der Waals surface area contributed by atoms with Crippen molar-refractivity contribution in [3.63, 3.8) is 0 Å². The van der Waals surface area contributed by atoms with E-state index in [1.807, 2.05) is 0 Å². The van der Waals surface area contributed by atoms with E-state index in [9.17, 15) is 0 Å². The van der Waals surface area contributed by atoms with E-state index in [4.69, 9.17) is 0 Å². The number of hydrogen-bond acceptors (Lipinski definition) is 3. The molecule has 0 aromatic rings. The Bertz CT molecular complexity index is 252. The van der Waals surface area contributed by atoms with Gasteiger partial charge in [-0.3, -0.25) is 4.90 Å². The maximum Gasteiger partial charge on any atom is 0.0223 e. The van der Waals surface area contributed by atoms with Gasteiger partial charge in [-0.05, 0) is 59.2 Å². The minimum Gasteiger partial charge on any atom is -0.311 e. The third kappa shape index (κ3) is 3.94. The standard InChI is InChI=1S/C15H31N3/c1-4-15(2,3)16-8-12-17-9-6-11-18-10-5-7-14(18)13-17/h14,16H,4-13H2,1-3H3. The van der Waals surface area contributed by atoms with Crippen LogP contribution in [0, 0.1) is 0 Å². The average molecular weight is 253 g/mol. The Kier molecular flexibility index (Phi) is 5.05. The molecule has 0 radical (unpaired) electrons. The molecule has 0 aromatic heterocycles. The molecule has 2 fully saturated rings. The quantitative estimate of drug-likeness (QED) is 0.808. The van der Waals surface area contributed by atoms with Gasteiger partial charge in [0.05, 0.1) is 0 Å². The highest BCUT2D eigenvalue weighted by atomic mass is 15.3. The van der Waals surface area contributed by atoms with Crippen molar-refractivity contribution in [2.24, 2.45) is 0 Å². The summed E-state index contributed by atoms with van der Waals surface area (Å²) in [5, 5.41) is 3.68. The third-order valence-corrected chi connectivity index (χ3v) is 4.80. The summed E-state index contributed by atoms with van der Waals surface area (Å²) in [4.78, 5) is 5.39. The molecule has 18 heavy (non-hydrogen) atoms. The third-order valence-electron chi connectivity index (χ3n) is 4.80.